The van der Waals surface area contributed by atoms with Crippen molar-refractivity contribution in [3.8, 4) is 0 Å². The van der Waals surface area contributed by atoms with E-state index in [2.05, 4.69) is 22.2 Å². The van der Waals surface area contributed by atoms with Crippen molar-refractivity contribution < 1.29 is 0 Å². The van der Waals surface area contributed by atoms with Gasteiger partial charge in [0.05, 0.1) is 0 Å². The van der Waals surface area contributed by atoms with Crippen LogP contribution >= 0.6 is 0 Å². The maximum absolute atomic E-state index is 5.84. The van der Waals surface area contributed by atoms with E-state index in [9.17, 15) is 0 Å². The van der Waals surface area contributed by atoms with E-state index in [-0.39, 0.29) is 0 Å². The molecule has 1 aromatic rings. The van der Waals surface area contributed by atoms with E-state index in [0.717, 1.165) is 30.0 Å². The molecule has 2 aliphatic rings. The van der Waals surface area contributed by atoms with E-state index in [0.29, 0.717) is 11.7 Å². The Kier molecular flexibility index (Phi) is 3.10. The van der Waals surface area contributed by atoms with Gasteiger partial charge in [0.2, 0.25) is 0 Å². The lowest BCUT2D eigenvalue weighted by molar-refractivity contribution is 0.439. The van der Waals surface area contributed by atoms with E-state index < -0.39 is 0 Å². The van der Waals surface area contributed by atoms with Crippen LogP contribution < -0.4 is 11.1 Å². The van der Waals surface area contributed by atoms with E-state index in [1.807, 2.05) is 6.07 Å². The Morgan fingerprint density at radius 3 is 2.78 bits per heavy atom. The molecule has 0 saturated heterocycles. The Hall–Kier alpha value is -1.32. The summed E-state index contributed by atoms with van der Waals surface area (Å²) in [6.45, 7) is 3.37. The van der Waals surface area contributed by atoms with Crippen molar-refractivity contribution in [2.24, 2.45) is 11.8 Å². The van der Waals surface area contributed by atoms with Crippen molar-refractivity contribution in [3.63, 3.8) is 0 Å². The second-order valence-corrected chi connectivity index (χ2v) is 5.86. The molecule has 1 heterocycles. The first-order chi connectivity index (χ1) is 8.72. The molecule has 98 valence electrons. The van der Waals surface area contributed by atoms with E-state index in [1.165, 1.54) is 32.1 Å². The van der Waals surface area contributed by atoms with Gasteiger partial charge in [0.15, 0.2) is 0 Å². The fourth-order valence-corrected chi connectivity index (χ4v) is 2.86. The van der Waals surface area contributed by atoms with Crippen LogP contribution in [-0.2, 0) is 0 Å². The molecule has 3 rings (SSSR count). The third kappa shape index (κ3) is 2.57. The van der Waals surface area contributed by atoms with Gasteiger partial charge >= 0.3 is 0 Å². The minimum absolute atomic E-state index is 0.555. The van der Waals surface area contributed by atoms with Gasteiger partial charge in [-0.25, -0.2) is 9.97 Å². The minimum Gasteiger partial charge on any atom is -0.384 e. The second-order valence-electron chi connectivity index (χ2n) is 5.86. The molecule has 2 aliphatic carbocycles. The van der Waals surface area contributed by atoms with Crippen LogP contribution in [0.5, 0.6) is 0 Å². The van der Waals surface area contributed by atoms with E-state index in [4.69, 9.17) is 5.73 Å². The SMILES string of the molecule is CC1CCCC1CNc1cc(N)nc(C2CC2)n1. The summed E-state index contributed by atoms with van der Waals surface area (Å²) in [5.41, 5.74) is 5.84. The molecule has 0 aliphatic heterocycles. The average molecular weight is 246 g/mol. The molecular weight excluding hydrogens is 224 g/mol. The molecule has 2 saturated carbocycles. The summed E-state index contributed by atoms with van der Waals surface area (Å²) in [6, 6.07) is 1.85. The van der Waals surface area contributed by atoms with Crippen molar-refractivity contribution >= 4 is 11.6 Å². The molecule has 0 spiro atoms. The van der Waals surface area contributed by atoms with Crippen LogP contribution in [0, 0.1) is 11.8 Å². The van der Waals surface area contributed by atoms with Crippen molar-refractivity contribution in [2.45, 2.75) is 44.9 Å². The predicted molar refractivity (Wildman–Crippen MR) is 73.4 cm³/mol. The summed E-state index contributed by atoms with van der Waals surface area (Å²) in [5.74, 6) is 4.60. The molecule has 2 unspecified atom stereocenters. The van der Waals surface area contributed by atoms with Crippen LogP contribution in [0.4, 0.5) is 11.6 Å². The minimum atomic E-state index is 0.555. The molecular formula is C14H22N4. The molecule has 2 fully saturated rings. The van der Waals surface area contributed by atoms with Gasteiger partial charge in [-0.05, 0) is 31.1 Å². The normalized spacial score (nSPS) is 27.4. The number of anilines is 2. The quantitative estimate of drug-likeness (QED) is 0.857. The van der Waals surface area contributed by atoms with E-state index in [1.54, 1.807) is 0 Å². The monoisotopic (exact) mass is 246 g/mol. The van der Waals surface area contributed by atoms with Gasteiger partial charge in [-0.2, -0.15) is 0 Å². The second kappa shape index (κ2) is 4.75. The van der Waals surface area contributed by atoms with Crippen LogP contribution in [0.15, 0.2) is 6.07 Å². The van der Waals surface area contributed by atoms with Gasteiger partial charge in [-0.15, -0.1) is 0 Å². The summed E-state index contributed by atoms with van der Waals surface area (Å²) >= 11 is 0. The summed E-state index contributed by atoms with van der Waals surface area (Å²) < 4.78 is 0. The molecule has 0 radical (unpaired) electrons. The zero-order valence-corrected chi connectivity index (χ0v) is 11.0. The predicted octanol–water partition coefficient (Wildman–Crippen LogP) is 2.78. The Morgan fingerprint density at radius 2 is 2.11 bits per heavy atom. The topological polar surface area (TPSA) is 63.8 Å². The van der Waals surface area contributed by atoms with Gasteiger partial charge in [0.1, 0.15) is 17.5 Å². The Bertz CT molecular complexity index is 428. The van der Waals surface area contributed by atoms with Gasteiger partial charge in [0, 0.05) is 18.5 Å². The first-order valence-electron chi connectivity index (χ1n) is 7.10. The highest BCUT2D eigenvalue weighted by Crippen LogP contribution is 2.38. The molecule has 0 amide bonds. The Morgan fingerprint density at radius 1 is 1.28 bits per heavy atom. The Balaban J connectivity index is 1.64. The highest BCUT2D eigenvalue weighted by atomic mass is 15.1. The summed E-state index contributed by atoms with van der Waals surface area (Å²) in [5, 5.41) is 3.45. The number of aromatic nitrogens is 2. The van der Waals surface area contributed by atoms with Crippen LogP contribution in [0.25, 0.3) is 0 Å². The maximum Gasteiger partial charge on any atom is 0.136 e. The zero-order valence-electron chi connectivity index (χ0n) is 11.0. The number of rotatable bonds is 4. The Labute approximate surface area is 108 Å². The number of nitrogens with one attached hydrogen (secondary N) is 1. The fourth-order valence-electron chi connectivity index (χ4n) is 2.86. The third-order valence-corrected chi connectivity index (χ3v) is 4.29. The number of nitrogen functional groups attached to an aromatic ring is 1. The molecule has 0 bridgehead atoms. The first-order valence-corrected chi connectivity index (χ1v) is 7.10. The molecule has 0 aromatic carbocycles. The molecule has 3 N–H and O–H groups in total. The molecule has 4 heteroatoms. The third-order valence-electron chi connectivity index (χ3n) is 4.29. The summed E-state index contributed by atoms with van der Waals surface area (Å²) in [4.78, 5) is 8.90. The smallest absolute Gasteiger partial charge is 0.136 e. The number of nitrogens with two attached hydrogens (primary N) is 1. The summed E-state index contributed by atoms with van der Waals surface area (Å²) in [7, 11) is 0. The van der Waals surface area contributed by atoms with Crippen molar-refractivity contribution in [3.05, 3.63) is 11.9 Å². The average Bonchev–Trinajstić information content (AvgIpc) is 3.11. The van der Waals surface area contributed by atoms with Crippen LogP contribution in [0.1, 0.15) is 50.8 Å². The van der Waals surface area contributed by atoms with Gasteiger partial charge in [-0.1, -0.05) is 19.8 Å². The van der Waals surface area contributed by atoms with E-state index >= 15 is 0 Å². The van der Waals surface area contributed by atoms with Gasteiger partial charge < -0.3 is 11.1 Å². The van der Waals surface area contributed by atoms with Gasteiger partial charge in [0.25, 0.3) is 0 Å². The highest BCUT2D eigenvalue weighted by molar-refractivity contribution is 5.45. The maximum atomic E-state index is 5.84. The lowest BCUT2D eigenvalue weighted by Gasteiger charge is -2.16. The van der Waals surface area contributed by atoms with Crippen molar-refractivity contribution in [1.29, 1.82) is 0 Å². The number of hydrogen-bond donors (Lipinski definition) is 2. The zero-order chi connectivity index (χ0) is 12.5. The fraction of sp³-hybridized carbons (Fsp3) is 0.714. The first kappa shape index (κ1) is 11.8. The van der Waals surface area contributed by atoms with Crippen LogP contribution in [0.3, 0.4) is 0 Å². The lowest BCUT2D eigenvalue weighted by atomic mass is 9.98. The number of hydrogen-bond acceptors (Lipinski definition) is 4. The largest absolute Gasteiger partial charge is 0.384 e. The lowest BCUT2D eigenvalue weighted by Crippen LogP contribution is -2.17. The highest BCUT2D eigenvalue weighted by Gasteiger charge is 2.27. The standard InChI is InChI=1S/C14H22N4/c1-9-3-2-4-11(9)8-16-13-7-12(15)17-14(18-13)10-5-6-10/h7,9-11H,2-6,8H2,1H3,(H3,15,16,17,18). The summed E-state index contributed by atoms with van der Waals surface area (Å²) in [6.07, 6.45) is 6.49. The van der Waals surface area contributed by atoms with Crippen LogP contribution in [-0.4, -0.2) is 16.5 Å². The number of nitrogens with zero attached hydrogens (tertiary/aromatic N) is 2. The van der Waals surface area contributed by atoms with Crippen molar-refractivity contribution in [1.82, 2.24) is 9.97 Å². The molecule has 4 nitrogen and oxygen atoms in total. The molecule has 18 heavy (non-hydrogen) atoms. The van der Waals surface area contributed by atoms with Gasteiger partial charge in [-0.3, -0.25) is 0 Å². The van der Waals surface area contributed by atoms with Crippen molar-refractivity contribution in [2.75, 3.05) is 17.6 Å². The molecule has 2 atom stereocenters. The van der Waals surface area contributed by atoms with Crippen LogP contribution in [0.2, 0.25) is 0 Å². The molecule has 1 aromatic heterocycles.